The van der Waals surface area contributed by atoms with Gasteiger partial charge in [0.15, 0.2) is 4.93 Å². The Balaban J connectivity index is 1.55. The van der Waals surface area contributed by atoms with Crippen LogP contribution in [0, 0.1) is 0 Å². The monoisotopic (exact) mass is 441 g/mol. The Kier molecular flexibility index (Phi) is 5.37. The fourth-order valence-corrected chi connectivity index (χ4v) is 6.27. The quantitative estimate of drug-likeness (QED) is 0.425. The molecular formula is C24H27NO5S. The number of hydrogen-bond donors (Lipinski definition) is 5. The lowest BCUT2D eigenvalue weighted by atomic mass is 9.91. The highest BCUT2D eigenvalue weighted by Crippen LogP contribution is 2.54. The third-order valence-corrected chi connectivity index (χ3v) is 8.24. The minimum atomic E-state index is -1.40. The first-order chi connectivity index (χ1) is 15.0. The molecule has 0 radical (unpaired) electrons. The van der Waals surface area contributed by atoms with Crippen LogP contribution >= 0.6 is 11.8 Å². The summed E-state index contributed by atoms with van der Waals surface area (Å²) < 4.78 is 6.06. The molecule has 0 unspecified atom stereocenters. The van der Waals surface area contributed by atoms with Gasteiger partial charge in [-0.15, -0.1) is 11.8 Å². The molecule has 0 aliphatic carbocycles. The summed E-state index contributed by atoms with van der Waals surface area (Å²) in [6, 6.07) is 12.7. The van der Waals surface area contributed by atoms with Crippen LogP contribution in [0.4, 0.5) is 0 Å². The van der Waals surface area contributed by atoms with Crippen LogP contribution in [0.1, 0.15) is 34.7 Å². The maximum absolute atomic E-state index is 10.9. The summed E-state index contributed by atoms with van der Waals surface area (Å²) >= 11 is 1.19. The second-order valence-corrected chi connectivity index (χ2v) is 9.88. The third kappa shape index (κ3) is 3.31. The van der Waals surface area contributed by atoms with E-state index in [0.717, 1.165) is 40.4 Å². The predicted molar refractivity (Wildman–Crippen MR) is 120 cm³/mol. The van der Waals surface area contributed by atoms with Gasteiger partial charge in [-0.1, -0.05) is 31.2 Å². The van der Waals surface area contributed by atoms with Gasteiger partial charge >= 0.3 is 0 Å². The van der Waals surface area contributed by atoms with Gasteiger partial charge in [0.1, 0.15) is 12.2 Å². The molecule has 1 spiro atoms. The number of aryl methyl sites for hydroxylation is 1. The van der Waals surface area contributed by atoms with E-state index in [1.807, 2.05) is 18.3 Å². The number of fused-ring (bicyclic) bond motifs is 3. The number of hydrogen-bond acceptors (Lipinski definition) is 6. The molecular weight excluding hydrogens is 414 g/mol. The predicted octanol–water partition coefficient (Wildman–Crippen LogP) is 2.19. The molecule has 7 heteroatoms. The van der Waals surface area contributed by atoms with E-state index in [0.29, 0.717) is 6.61 Å². The second-order valence-electron chi connectivity index (χ2n) is 8.44. The van der Waals surface area contributed by atoms with E-state index in [2.05, 4.69) is 36.2 Å². The Morgan fingerprint density at radius 2 is 1.84 bits per heavy atom. The Hall–Kier alpha value is -1.87. The van der Waals surface area contributed by atoms with Crippen molar-refractivity contribution in [3.05, 3.63) is 70.4 Å². The smallest absolute Gasteiger partial charge is 0.168 e. The van der Waals surface area contributed by atoms with Gasteiger partial charge in [-0.2, -0.15) is 0 Å². The molecule has 1 fully saturated rings. The van der Waals surface area contributed by atoms with E-state index in [1.165, 1.54) is 22.9 Å². The Bertz CT molecular complexity index is 1100. The topological polar surface area (TPSA) is 106 Å². The molecule has 6 nitrogen and oxygen atoms in total. The molecule has 3 heterocycles. The SMILES string of the molecule is CCc1ccc(Cc2c[nH]c3cc4c(cc23)[C@]2(OC4)S[C@H](CO)[C@@H](O)[C@H](O)[C@H]2O)cc1. The number of aliphatic hydroxyl groups is 4. The van der Waals surface area contributed by atoms with Gasteiger partial charge in [-0.25, -0.2) is 0 Å². The number of benzene rings is 2. The fourth-order valence-electron chi connectivity index (χ4n) is 4.72. The number of ether oxygens (including phenoxy) is 1. The minimum Gasteiger partial charge on any atom is -0.395 e. The first kappa shape index (κ1) is 21.0. The highest BCUT2D eigenvalue weighted by molar-refractivity contribution is 8.00. The van der Waals surface area contributed by atoms with E-state index >= 15 is 0 Å². The number of rotatable bonds is 4. The van der Waals surface area contributed by atoms with E-state index in [9.17, 15) is 20.4 Å². The fraction of sp³-hybridized carbons (Fsp3) is 0.417. The summed E-state index contributed by atoms with van der Waals surface area (Å²) in [6.07, 6.45) is -0.133. The van der Waals surface area contributed by atoms with Crippen LogP contribution in [0.5, 0.6) is 0 Å². The van der Waals surface area contributed by atoms with Crippen LogP contribution in [0.3, 0.4) is 0 Å². The highest BCUT2D eigenvalue weighted by atomic mass is 32.2. The van der Waals surface area contributed by atoms with E-state index in [1.54, 1.807) is 0 Å². The van der Waals surface area contributed by atoms with Crippen LogP contribution < -0.4 is 0 Å². The summed E-state index contributed by atoms with van der Waals surface area (Å²) in [4.78, 5) is 2.13. The zero-order valence-electron chi connectivity index (χ0n) is 17.3. The van der Waals surface area contributed by atoms with E-state index in [4.69, 9.17) is 4.74 Å². The molecule has 5 rings (SSSR count). The normalized spacial score (nSPS) is 30.2. The second kappa shape index (κ2) is 7.92. The van der Waals surface area contributed by atoms with E-state index in [-0.39, 0.29) is 6.61 Å². The summed E-state index contributed by atoms with van der Waals surface area (Å²) in [7, 11) is 0. The number of aliphatic hydroxyl groups excluding tert-OH is 4. The summed E-state index contributed by atoms with van der Waals surface area (Å²) in [6.45, 7) is 2.12. The average Bonchev–Trinajstić information content (AvgIpc) is 3.35. The minimum absolute atomic E-state index is 0.295. The summed E-state index contributed by atoms with van der Waals surface area (Å²) in [5, 5.41) is 41.7. The van der Waals surface area contributed by atoms with Crippen LogP contribution in [-0.4, -0.2) is 55.6 Å². The Morgan fingerprint density at radius 3 is 2.55 bits per heavy atom. The molecule has 5 N–H and O–H groups in total. The first-order valence-electron chi connectivity index (χ1n) is 10.6. The Morgan fingerprint density at radius 1 is 1.10 bits per heavy atom. The van der Waals surface area contributed by atoms with Crippen molar-refractivity contribution in [2.75, 3.05) is 6.61 Å². The highest BCUT2D eigenvalue weighted by Gasteiger charge is 2.57. The van der Waals surface area contributed by atoms with Crippen molar-refractivity contribution in [1.29, 1.82) is 0 Å². The van der Waals surface area contributed by atoms with Crippen molar-refractivity contribution < 1.29 is 25.2 Å². The van der Waals surface area contributed by atoms with Gasteiger partial charge in [-0.05, 0) is 47.2 Å². The van der Waals surface area contributed by atoms with Gasteiger partial charge in [0.25, 0.3) is 0 Å². The van der Waals surface area contributed by atoms with Crippen LogP contribution in [0.15, 0.2) is 42.6 Å². The lowest BCUT2D eigenvalue weighted by molar-refractivity contribution is -0.147. The number of H-pyrrole nitrogens is 1. The molecule has 0 saturated carbocycles. The van der Waals surface area contributed by atoms with Gasteiger partial charge in [0, 0.05) is 22.7 Å². The molecule has 5 atom stereocenters. The zero-order chi connectivity index (χ0) is 21.8. The van der Waals surface area contributed by atoms with Crippen molar-refractivity contribution >= 4 is 22.7 Å². The molecule has 2 aliphatic rings. The summed E-state index contributed by atoms with van der Waals surface area (Å²) in [5.41, 5.74) is 6.38. The maximum Gasteiger partial charge on any atom is 0.168 e. The molecule has 0 amide bonds. The van der Waals surface area contributed by atoms with Crippen LogP contribution in [-0.2, 0) is 29.1 Å². The Labute approximate surface area is 184 Å². The van der Waals surface area contributed by atoms with Gasteiger partial charge in [-0.3, -0.25) is 0 Å². The van der Waals surface area contributed by atoms with Crippen LogP contribution in [0.2, 0.25) is 0 Å². The largest absolute Gasteiger partial charge is 0.395 e. The van der Waals surface area contributed by atoms with Crippen molar-refractivity contribution in [2.24, 2.45) is 0 Å². The standard InChI is InChI=1S/C24H27NO5S/c1-2-13-3-5-14(6-4-13)7-15-10-25-19-8-16-12-30-24(18(16)9-17(15)19)23(29)22(28)21(27)20(11-26)31-24/h3-6,8-10,20-23,25-29H,2,7,11-12H2,1H3/t20-,21-,22+,23-,24+/m1/s1. The molecule has 1 aromatic heterocycles. The lowest BCUT2D eigenvalue weighted by Gasteiger charge is -2.45. The molecule has 3 aromatic rings. The first-order valence-corrected chi connectivity index (χ1v) is 11.5. The van der Waals surface area contributed by atoms with Crippen molar-refractivity contribution in [3.8, 4) is 0 Å². The number of nitrogens with one attached hydrogen (secondary N) is 1. The number of thioether (sulfide) groups is 1. The lowest BCUT2D eigenvalue weighted by Crippen LogP contribution is -2.58. The van der Waals surface area contributed by atoms with Crippen molar-refractivity contribution in [1.82, 2.24) is 4.98 Å². The van der Waals surface area contributed by atoms with Crippen molar-refractivity contribution in [2.45, 2.75) is 54.9 Å². The van der Waals surface area contributed by atoms with Crippen molar-refractivity contribution in [3.63, 3.8) is 0 Å². The molecule has 0 bridgehead atoms. The third-order valence-electron chi connectivity index (χ3n) is 6.58. The molecule has 164 valence electrons. The molecule has 1 saturated heterocycles. The molecule has 31 heavy (non-hydrogen) atoms. The average molecular weight is 442 g/mol. The number of aromatic nitrogens is 1. The number of aromatic amines is 1. The van der Waals surface area contributed by atoms with Gasteiger partial charge in [0.05, 0.1) is 24.6 Å². The molecule has 2 aliphatic heterocycles. The summed E-state index contributed by atoms with van der Waals surface area (Å²) in [5.74, 6) is 0. The zero-order valence-corrected chi connectivity index (χ0v) is 18.1. The van der Waals surface area contributed by atoms with Gasteiger partial charge < -0.3 is 30.1 Å². The van der Waals surface area contributed by atoms with E-state index < -0.39 is 28.5 Å². The maximum atomic E-state index is 10.9. The molecule has 2 aromatic carbocycles. The van der Waals surface area contributed by atoms with Gasteiger partial charge in [0.2, 0.25) is 0 Å². The van der Waals surface area contributed by atoms with Crippen LogP contribution in [0.25, 0.3) is 10.9 Å².